The van der Waals surface area contributed by atoms with Crippen LogP contribution in [0.5, 0.6) is 0 Å². The number of likely N-dealkylation sites (N-methyl/N-ethyl adjacent to an activating group) is 1. The molecule has 0 saturated carbocycles. The molecule has 3 heteroatoms. The van der Waals surface area contributed by atoms with Crippen molar-refractivity contribution in [2.24, 2.45) is 0 Å². The molecule has 1 unspecified atom stereocenters. The van der Waals surface area contributed by atoms with Crippen molar-refractivity contribution in [2.75, 3.05) is 13.6 Å². The highest BCUT2D eigenvalue weighted by molar-refractivity contribution is 5.72. The van der Waals surface area contributed by atoms with Crippen molar-refractivity contribution >= 4 is 5.97 Å². The third-order valence-electron chi connectivity index (χ3n) is 3.59. The van der Waals surface area contributed by atoms with Crippen molar-refractivity contribution in [1.82, 2.24) is 4.90 Å². The highest BCUT2D eigenvalue weighted by atomic mass is 16.4. The molecule has 1 aromatic carbocycles. The predicted octanol–water partition coefficient (Wildman–Crippen LogP) is 2.93. The number of hydrogen-bond acceptors (Lipinski definition) is 2. The normalized spacial score (nSPS) is 13.6. The van der Waals surface area contributed by atoms with E-state index in [9.17, 15) is 4.79 Å². The zero-order chi connectivity index (χ0) is 14.6. The Morgan fingerprint density at radius 1 is 1.26 bits per heavy atom. The third-order valence-corrected chi connectivity index (χ3v) is 3.59. The molecule has 1 aromatic rings. The molecule has 1 rings (SSSR count). The van der Waals surface area contributed by atoms with Crippen LogP contribution in [0.3, 0.4) is 0 Å². The summed E-state index contributed by atoms with van der Waals surface area (Å²) in [6, 6.07) is 8.17. The van der Waals surface area contributed by atoms with Crippen LogP contribution in [0, 0.1) is 0 Å². The molecule has 0 heterocycles. The number of carboxylic acid groups (broad SMARTS) is 1. The average molecular weight is 263 g/mol. The van der Waals surface area contributed by atoms with E-state index in [1.165, 1.54) is 11.1 Å². The molecule has 0 saturated heterocycles. The SMILES string of the molecule is CC(C(=O)O)N(C)CCc1ccc(C(C)(C)C)cc1. The van der Waals surface area contributed by atoms with Crippen LogP contribution in [0.25, 0.3) is 0 Å². The molecule has 0 aliphatic heterocycles. The summed E-state index contributed by atoms with van der Waals surface area (Å²) >= 11 is 0. The van der Waals surface area contributed by atoms with E-state index in [0.29, 0.717) is 0 Å². The number of rotatable bonds is 5. The molecule has 0 fully saturated rings. The molecule has 0 bridgehead atoms. The second-order valence-corrected chi connectivity index (χ2v) is 6.19. The number of aliphatic carboxylic acids is 1. The van der Waals surface area contributed by atoms with Crippen molar-refractivity contribution in [3.8, 4) is 0 Å². The van der Waals surface area contributed by atoms with Crippen LogP contribution >= 0.6 is 0 Å². The van der Waals surface area contributed by atoms with Gasteiger partial charge in [0, 0.05) is 6.54 Å². The Morgan fingerprint density at radius 3 is 2.21 bits per heavy atom. The Labute approximate surface area is 116 Å². The summed E-state index contributed by atoms with van der Waals surface area (Å²) in [6.45, 7) is 9.06. The van der Waals surface area contributed by atoms with Crippen molar-refractivity contribution in [3.63, 3.8) is 0 Å². The number of carbonyl (C=O) groups is 1. The standard InChI is InChI=1S/C16H25NO2/c1-12(15(18)19)17(5)11-10-13-6-8-14(9-7-13)16(2,3)4/h6-9,12H,10-11H2,1-5H3,(H,18,19). The maximum atomic E-state index is 10.9. The van der Waals surface area contributed by atoms with E-state index >= 15 is 0 Å². The quantitative estimate of drug-likeness (QED) is 0.888. The van der Waals surface area contributed by atoms with Crippen molar-refractivity contribution in [2.45, 2.75) is 45.6 Å². The van der Waals surface area contributed by atoms with Gasteiger partial charge in [0.1, 0.15) is 6.04 Å². The van der Waals surface area contributed by atoms with Gasteiger partial charge in [-0.1, -0.05) is 45.0 Å². The number of hydrogen-bond donors (Lipinski definition) is 1. The summed E-state index contributed by atoms with van der Waals surface area (Å²) in [4.78, 5) is 12.7. The number of nitrogens with zero attached hydrogens (tertiary/aromatic N) is 1. The highest BCUT2D eigenvalue weighted by Crippen LogP contribution is 2.22. The highest BCUT2D eigenvalue weighted by Gasteiger charge is 2.16. The molecule has 1 atom stereocenters. The number of carboxylic acids is 1. The van der Waals surface area contributed by atoms with E-state index < -0.39 is 12.0 Å². The first-order valence-corrected chi connectivity index (χ1v) is 6.74. The summed E-state index contributed by atoms with van der Waals surface area (Å²) in [5.41, 5.74) is 2.74. The lowest BCUT2D eigenvalue weighted by molar-refractivity contribution is -0.142. The molecule has 0 aliphatic carbocycles. The molecule has 0 aromatic heterocycles. The topological polar surface area (TPSA) is 40.5 Å². The Bertz CT molecular complexity index is 417. The van der Waals surface area contributed by atoms with Gasteiger partial charge in [-0.3, -0.25) is 9.69 Å². The van der Waals surface area contributed by atoms with Gasteiger partial charge < -0.3 is 5.11 Å². The van der Waals surface area contributed by atoms with E-state index in [4.69, 9.17) is 5.11 Å². The van der Waals surface area contributed by atoms with Gasteiger partial charge in [-0.2, -0.15) is 0 Å². The van der Waals surface area contributed by atoms with Crippen molar-refractivity contribution in [1.29, 1.82) is 0 Å². The minimum Gasteiger partial charge on any atom is -0.480 e. The van der Waals surface area contributed by atoms with Crippen molar-refractivity contribution < 1.29 is 9.90 Å². The van der Waals surface area contributed by atoms with Crippen LogP contribution in [0.2, 0.25) is 0 Å². The molecule has 0 aliphatic rings. The predicted molar refractivity (Wildman–Crippen MR) is 78.6 cm³/mol. The molecule has 106 valence electrons. The lowest BCUT2D eigenvalue weighted by atomic mass is 9.86. The number of benzene rings is 1. The monoisotopic (exact) mass is 263 g/mol. The summed E-state index contributed by atoms with van der Waals surface area (Å²) in [7, 11) is 1.85. The Morgan fingerprint density at radius 2 is 1.79 bits per heavy atom. The first-order chi connectivity index (χ1) is 8.71. The molecule has 19 heavy (non-hydrogen) atoms. The average Bonchev–Trinajstić information content (AvgIpc) is 2.34. The van der Waals surface area contributed by atoms with Crippen molar-refractivity contribution in [3.05, 3.63) is 35.4 Å². The van der Waals surface area contributed by atoms with Gasteiger partial charge >= 0.3 is 5.97 Å². The summed E-state index contributed by atoms with van der Waals surface area (Å²) in [5.74, 6) is -0.773. The van der Waals surface area contributed by atoms with Crippen LogP contribution < -0.4 is 0 Å². The van der Waals surface area contributed by atoms with Gasteiger partial charge in [0.25, 0.3) is 0 Å². The molecule has 0 radical (unpaired) electrons. The van der Waals surface area contributed by atoms with E-state index in [1.807, 2.05) is 11.9 Å². The van der Waals surface area contributed by atoms with Gasteiger partial charge in [-0.15, -0.1) is 0 Å². The lowest BCUT2D eigenvalue weighted by Crippen LogP contribution is -2.37. The van der Waals surface area contributed by atoms with E-state index in [-0.39, 0.29) is 5.41 Å². The fourth-order valence-electron chi connectivity index (χ4n) is 1.86. The third kappa shape index (κ3) is 4.67. The first kappa shape index (κ1) is 15.7. The second-order valence-electron chi connectivity index (χ2n) is 6.19. The largest absolute Gasteiger partial charge is 0.480 e. The maximum Gasteiger partial charge on any atom is 0.320 e. The molecular formula is C16H25NO2. The molecule has 3 nitrogen and oxygen atoms in total. The molecule has 1 N–H and O–H groups in total. The van der Waals surface area contributed by atoms with Gasteiger partial charge in [0.15, 0.2) is 0 Å². The molecule has 0 spiro atoms. The van der Waals surface area contributed by atoms with Crippen LogP contribution in [0.4, 0.5) is 0 Å². The molecular weight excluding hydrogens is 238 g/mol. The summed E-state index contributed by atoms with van der Waals surface area (Å²) in [6.07, 6.45) is 0.874. The van der Waals surface area contributed by atoms with Gasteiger partial charge in [-0.25, -0.2) is 0 Å². The minimum atomic E-state index is -0.773. The van der Waals surface area contributed by atoms with Gasteiger partial charge in [0.05, 0.1) is 0 Å². The van der Waals surface area contributed by atoms with E-state index in [0.717, 1.165) is 13.0 Å². The first-order valence-electron chi connectivity index (χ1n) is 6.74. The zero-order valence-corrected chi connectivity index (χ0v) is 12.6. The van der Waals surface area contributed by atoms with Gasteiger partial charge in [-0.05, 0) is 36.9 Å². The maximum absolute atomic E-state index is 10.9. The second kappa shape index (κ2) is 6.20. The van der Waals surface area contributed by atoms with Crippen LogP contribution in [0.15, 0.2) is 24.3 Å². The summed E-state index contributed by atoms with van der Waals surface area (Å²) < 4.78 is 0. The Hall–Kier alpha value is -1.35. The fraction of sp³-hybridized carbons (Fsp3) is 0.562. The fourth-order valence-corrected chi connectivity index (χ4v) is 1.86. The van der Waals surface area contributed by atoms with Crippen LogP contribution in [0.1, 0.15) is 38.8 Å². The van der Waals surface area contributed by atoms with Crippen LogP contribution in [-0.4, -0.2) is 35.6 Å². The smallest absolute Gasteiger partial charge is 0.320 e. The van der Waals surface area contributed by atoms with E-state index in [1.54, 1.807) is 6.92 Å². The van der Waals surface area contributed by atoms with Gasteiger partial charge in [0.2, 0.25) is 0 Å². The minimum absolute atomic E-state index is 0.174. The zero-order valence-electron chi connectivity index (χ0n) is 12.6. The molecule has 0 amide bonds. The Kier molecular flexibility index (Phi) is 5.12. The van der Waals surface area contributed by atoms with Crippen LogP contribution in [-0.2, 0) is 16.6 Å². The van der Waals surface area contributed by atoms with E-state index in [2.05, 4.69) is 45.0 Å². The summed E-state index contributed by atoms with van der Waals surface area (Å²) in [5, 5.41) is 8.93. The Balaban J connectivity index is 2.57. The lowest BCUT2D eigenvalue weighted by Gasteiger charge is -2.22.